The number of aromatic nitrogens is 2. The van der Waals surface area contributed by atoms with Crippen molar-refractivity contribution in [3.05, 3.63) is 11.7 Å². The van der Waals surface area contributed by atoms with E-state index in [1.54, 1.807) is 6.92 Å². The molecule has 22 heavy (non-hydrogen) atoms. The zero-order valence-corrected chi connectivity index (χ0v) is 14.6. The largest absolute Gasteiger partial charge is 0.388 e. The number of hydrogen-bond acceptors (Lipinski definition) is 5. The summed E-state index contributed by atoms with van der Waals surface area (Å²) in [5, 5.41) is 16.8. The molecule has 6 heteroatoms. The van der Waals surface area contributed by atoms with E-state index in [2.05, 4.69) is 15.5 Å². The molecule has 0 radical (unpaired) electrons. The molecule has 1 amide bonds. The van der Waals surface area contributed by atoms with E-state index < -0.39 is 5.60 Å². The summed E-state index contributed by atoms with van der Waals surface area (Å²) in [7, 11) is 0. The van der Waals surface area contributed by atoms with Gasteiger partial charge in [-0.05, 0) is 19.3 Å². The molecule has 0 saturated heterocycles. The average molecular weight is 311 g/mol. The number of hydrogen-bond donors (Lipinski definition) is 2. The Hall–Kier alpha value is -1.43. The number of rotatable bonds is 7. The molecule has 1 atom stereocenters. The highest BCUT2D eigenvalue weighted by molar-refractivity contribution is 5.75. The second-order valence-corrected chi connectivity index (χ2v) is 7.40. The molecule has 0 aliphatic rings. The van der Waals surface area contributed by atoms with Crippen LogP contribution in [-0.2, 0) is 16.6 Å². The molecule has 0 aromatic carbocycles. The van der Waals surface area contributed by atoms with E-state index in [4.69, 9.17) is 4.52 Å². The van der Waals surface area contributed by atoms with Crippen molar-refractivity contribution in [3.8, 4) is 0 Å². The van der Waals surface area contributed by atoms with Gasteiger partial charge in [-0.25, -0.2) is 0 Å². The number of carbonyl (C=O) groups excluding carboxylic acids is 1. The second kappa shape index (κ2) is 7.22. The lowest BCUT2D eigenvalue weighted by atomic mass is 9.92. The molecular weight excluding hydrogens is 282 g/mol. The van der Waals surface area contributed by atoms with Crippen LogP contribution < -0.4 is 5.32 Å². The minimum atomic E-state index is -0.885. The predicted molar refractivity (Wildman–Crippen MR) is 84.4 cm³/mol. The maximum atomic E-state index is 11.8. The van der Waals surface area contributed by atoms with Gasteiger partial charge in [-0.3, -0.25) is 4.79 Å². The molecule has 0 bridgehead atoms. The third-order valence-corrected chi connectivity index (χ3v) is 3.82. The zero-order valence-electron chi connectivity index (χ0n) is 14.6. The fourth-order valence-corrected chi connectivity index (χ4v) is 1.63. The highest BCUT2D eigenvalue weighted by Gasteiger charge is 2.25. The van der Waals surface area contributed by atoms with Gasteiger partial charge < -0.3 is 14.9 Å². The highest BCUT2D eigenvalue weighted by Crippen LogP contribution is 2.19. The fourth-order valence-electron chi connectivity index (χ4n) is 1.63. The number of aryl methyl sites for hydroxylation is 1. The van der Waals surface area contributed by atoms with Gasteiger partial charge in [0, 0.05) is 24.8 Å². The van der Waals surface area contributed by atoms with Crippen molar-refractivity contribution in [2.24, 2.45) is 5.92 Å². The van der Waals surface area contributed by atoms with Crippen LogP contribution in [-0.4, -0.2) is 33.3 Å². The van der Waals surface area contributed by atoms with E-state index in [0.29, 0.717) is 31.0 Å². The van der Waals surface area contributed by atoms with Crippen molar-refractivity contribution in [2.45, 2.75) is 71.8 Å². The number of nitrogens with zero attached hydrogens (tertiary/aromatic N) is 2. The molecule has 2 N–H and O–H groups in total. The van der Waals surface area contributed by atoms with Gasteiger partial charge in [-0.1, -0.05) is 39.8 Å². The van der Waals surface area contributed by atoms with Gasteiger partial charge in [-0.15, -0.1) is 0 Å². The molecule has 1 aromatic heterocycles. The summed E-state index contributed by atoms with van der Waals surface area (Å²) < 4.78 is 5.19. The van der Waals surface area contributed by atoms with Crippen molar-refractivity contribution >= 4 is 5.91 Å². The Kier molecular flexibility index (Phi) is 6.11. The normalized spacial score (nSPS) is 14.9. The van der Waals surface area contributed by atoms with Crippen LogP contribution in [0.25, 0.3) is 0 Å². The van der Waals surface area contributed by atoms with Crippen molar-refractivity contribution in [3.63, 3.8) is 0 Å². The summed E-state index contributed by atoms with van der Waals surface area (Å²) in [6.45, 7) is 11.9. The molecular formula is C16H29N3O3. The zero-order chi connectivity index (χ0) is 17.0. The van der Waals surface area contributed by atoms with Crippen LogP contribution in [0.3, 0.4) is 0 Å². The minimum Gasteiger partial charge on any atom is -0.388 e. The van der Waals surface area contributed by atoms with Gasteiger partial charge in [0.05, 0.1) is 5.60 Å². The van der Waals surface area contributed by atoms with Crippen LogP contribution in [0.1, 0.15) is 66.1 Å². The number of amides is 1. The molecule has 0 saturated carbocycles. The smallest absolute Gasteiger partial charge is 0.226 e. The summed E-state index contributed by atoms with van der Waals surface area (Å²) in [6.07, 6.45) is 1.60. The van der Waals surface area contributed by atoms with Crippen LogP contribution in [0.15, 0.2) is 4.52 Å². The monoisotopic (exact) mass is 311 g/mol. The van der Waals surface area contributed by atoms with Gasteiger partial charge >= 0.3 is 0 Å². The lowest BCUT2D eigenvalue weighted by molar-refractivity contribution is -0.122. The van der Waals surface area contributed by atoms with Crippen molar-refractivity contribution in [1.82, 2.24) is 15.5 Å². The van der Waals surface area contributed by atoms with E-state index >= 15 is 0 Å². The number of nitrogens with one attached hydrogen (secondary N) is 1. The van der Waals surface area contributed by atoms with Crippen molar-refractivity contribution in [2.75, 3.05) is 6.54 Å². The Balaban J connectivity index is 2.32. The SMILES string of the molecule is CC(C)C(C)(O)CNC(=O)CCCc1nc(C(C)(C)C)no1. The van der Waals surface area contributed by atoms with E-state index in [9.17, 15) is 9.90 Å². The lowest BCUT2D eigenvalue weighted by Crippen LogP contribution is -2.44. The van der Waals surface area contributed by atoms with Crippen LogP contribution in [0.4, 0.5) is 0 Å². The molecule has 126 valence electrons. The third kappa shape index (κ3) is 5.75. The Morgan fingerprint density at radius 2 is 1.95 bits per heavy atom. The quantitative estimate of drug-likeness (QED) is 0.806. The maximum absolute atomic E-state index is 11.8. The van der Waals surface area contributed by atoms with Crippen LogP contribution in [0.5, 0.6) is 0 Å². The average Bonchev–Trinajstić information content (AvgIpc) is 2.85. The molecule has 0 spiro atoms. The van der Waals surface area contributed by atoms with Crippen LogP contribution in [0.2, 0.25) is 0 Å². The molecule has 1 aromatic rings. The van der Waals surface area contributed by atoms with Gasteiger partial charge in [0.25, 0.3) is 0 Å². The highest BCUT2D eigenvalue weighted by atomic mass is 16.5. The Morgan fingerprint density at radius 1 is 1.32 bits per heavy atom. The van der Waals surface area contributed by atoms with E-state index in [1.807, 2.05) is 34.6 Å². The summed E-state index contributed by atoms with van der Waals surface area (Å²) in [4.78, 5) is 16.1. The standard InChI is InChI=1S/C16H29N3O3/c1-11(2)16(6,21)10-17-12(20)8-7-9-13-18-14(19-22-13)15(3,4)5/h11,21H,7-10H2,1-6H3,(H,17,20). The lowest BCUT2D eigenvalue weighted by Gasteiger charge is -2.27. The van der Waals surface area contributed by atoms with E-state index in [1.165, 1.54) is 0 Å². The summed E-state index contributed by atoms with van der Waals surface area (Å²) in [5.41, 5.74) is -1.02. The molecule has 0 aliphatic carbocycles. The maximum Gasteiger partial charge on any atom is 0.226 e. The summed E-state index contributed by atoms with van der Waals surface area (Å²) >= 11 is 0. The van der Waals surface area contributed by atoms with Gasteiger partial charge in [0.2, 0.25) is 11.8 Å². The van der Waals surface area contributed by atoms with E-state index in [0.717, 1.165) is 0 Å². The fraction of sp³-hybridized carbons (Fsp3) is 0.812. The topological polar surface area (TPSA) is 88.2 Å². The Bertz CT molecular complexity index is 487. The number of aliphatic hydroxyl groups is 1. The molecule has 1 unspecified atom stereocenters. The first kappa shape index (κ1) is 18.6. The van der Waals surface area contributed by atoms with Crippen molar-refractivity contribution < 1.29 is 14.4 Å². The first-order valence-corrected chi connectivity index (χ1v) is 7.84. The molecule has 1 rings (SSSR count). The van der Waals surface area contributed by atoms with Gasteiger partial charge in [-0.2, -0.15) is 4.98 Å². The summed E-state index contributed by atoms with van der Waals surface area (Å²) in [5.74, 6) is 1.25. The molecule has 0 fully saturated rings. The van der Waals surface area contributed by atoms with E-state index in [-0.39, 0.29) is 23.8 Å². The first-order chi connectivity index (χ1) is 10.0. The summed E-state index contributed by atoms with van der Waals surface area (Å²) in [6, 6.07) is 0. The third-order valence-electron chi connectivity index (χ3n) is 3.82. The predicted octanol–water partition coefficient (Wildman–Crippen LogP) is 2.21. The van der Waals surface area contributed by atoms with Gasteiger partial charge in [0.15, 0.2) is 5.82 Å². The minimum absolute atomic E-state index is 0.0727. The Morgan fingerprint density at radius 3 is 2.45 bits per heavy atom. The van der Waals surface area contributed by atoms with Gasteiger partial charge in [0.1, 0.15) is 0 Å². The number of carbonyl (C=O) groups is 1. The van der Waals surface area contributed by atoms with Crippen LogP contribution in [0, 0.1) is 5.92 Å². The first-order valence-electron chi connectivity index (χ1n) is 7.84. The van der Waals surface area contributed by atoms with Crippen LogP contribution >= 0.6 is 0 Å². The molecule has 6 nitrogen and oxygen atoms in total. The molecule has 0 aliphatic heterocycles. The Labute approximate surface area is 132 Å². The van der Waals surface area contributed by atoms with Crippen molar-refractivity contribution in [1.29, 1.82) is 0 Å². The molecule has 1 heterocycles. The second-order valence-electron chi connectivity index (χ2n) is 7.40.